The predicted molar refractivity (Wildman–Crippen MR) is 78.5 cm³/mol. The first kappa shape index (κ1) is 16.5. The number of hydrogen-bond donors (Lipinski definition) is 3. The van der Waals surface area contributed by atoms with Gasteiger partial charge < -0.3 is 20.9 Å². The second-order valence-electron chi connectivity index (χ2n) is 4.82. The van der Waals surface area contributed by atoms with Gasteiger partial charge in [-0.3, -0.25) is 4.79 Å². The summed E-state index contributed by atoms with van der Waals surface area (Å²) in [7, 11) is 1.68. The molecule has 5 nitrogen and oxygen atoms in total. The topological polar surface area (TPSA) is 84.6 Å². The van der Waals surface area contributed by atoms with Crippen molar-refractivity contribution < 1.29 is 14.6 Å². The van der Waals surface area contributed by atoms with Crippen LogP contribution < -0.4 is 11.1 Å². The molecule has 0 radical (unpaired) electrons. The Morgan fingerprint density at radius 1 is 1.30 bits per heavy atom. The van der Waals surface area contributed by atoms with Crippen molar-refractivity contribution >= 4 is 5.91 Å². The van der Waals surface area contributed by atoms with Crippen LogP contribution in [0.5, 0.6) is 5.75 Å². The fraction of sp³-hybridized carbons (Fsp3) is 0.533. The lowest BCUT2D eigenvalue weighted by Crippen LogP contribution is -2.42. The van der Waals surface area contributed by atoms with E-state index in [0.29, 0.717) is 13.0 Å². The van der Waals surface area contributed by atoms with Crippen LogP contribution in [0.1, 0.15) is 24.8 Å². The van der Waals surface area contributed by atoms with Crippen molar-refractivity contribution in [3.8, 4) is 5.75 Å². The second kappa shape index (κ2) is 9.34. The lowest BCUT2D eigenvalue weighted by Gasteiger charge is -2.12. The summed E-state index contributed by atoms with van der Waals surface area (Å²) in [5, 5.41) is 12.0. The molecule has 112 valence electrons. The molecule has 0 saturated carbocycles. The Morgan fingerprint density at radius 3 is 2.65 bits per heavy atom. The molecule has 0 bridgehead atoms. The Morgan fingerprint density at radius 2 is 2.00 bits per heavy atom. The predicted octanol–water partition coefficient (Wildman–Crippen LogP) is 1.19. The Labute approximate surface area is 120 Å². The summed E-state index contributed by atoms with van der Waals surface area (Å²) in [6.07, 6.45) is 3.43. The van der Waals surface area contributed by atoms with Gasteiger partial charge in [0.2, 0.25) is 5.91 Å². The third-order valence-electron chi connectivity index (χ3n) is 3.05. The van der Waals surface area contributed by atoms with E-state index in [1.54, 1.807) is 31.4 Å². The second-order valence-corrected chi connectivity index (χ2v) is 4.82. The fourth-order valence-electron chi connectivity index (χ4n) is 1.87. The highest BCUT2D eigenvalue weighted by Gasteiger charge is 2.13. The molecule has 1 aromatic rings. The summed E-state index contributed by atoms with van der Waals surface area (Å²) >= 11 is 0. The molecule has 0 aromatic heterocycles. The molecule has 0 fully saturated rings. The van der Waals surface area contributed by atoms with Gasteiger partial charge in [-0.15, -0.1) is 0 Å². The van der Waals surface area contributed by atoms with Gasteiger partial charge in [0, 0.05) is 20.3 Å². The van der Waals surface area contributed by atoms with Crippen LogP contribution in [0.2, 0.25) is 0 Å². The van der Waals surface area contributed by atoms with Gasteiger partial charge in [0.25, 0.3) is 0 Å². The maximum absolute atomic E-state index is 11.8. The average Bonchev–Trinajstić information content (AvgIpc) is 2.45. The summed E-state index contributed by atoms with van der Waals surface area (Å²) in [5.74, 6) is 0.0765. The number of methoxy groups -OCH3 is 1. The first-order valence-electron chi connectivity index (χ1n) is 6.93. The van der Waals surface area contributed by atoms with Crippen LogP contribution in [0.3, 0.4) is 0 Å². The van der Waals surface area contributed by atoms with Gasteiger partial charge >= 0.3 is 0 Å². The molecule has 0 unspecified atom stereocenters. The number of carbonyl (C=O) groups is 1. The van der Waals surface area contributed by atoms with Crippen LogP contribution in [-0.2, 0) is 16.0 Å². The van der Waals surface area contributed by atoms with Crippen molar-refractivity contribution in [1.29, 1.82) is 0 Å². The van der Waals surface area contributed by atoms with Crippen LogP contribution in [0.4, 0.5) is 0 Å². The minimum Gasteiger partial charge on any atom is -0.508 e. The number of nitrogens with two attached hydrogens (primary N) is 1. The molecule has 1 aromatic carbocycles. The number of carbonyl (C=O) groups excluding carboxylic acids is 1. The van der Waals surface area contributed by atoms with E-state index in [9.17, 15) is 9.90 Å². The van der Waals surface area contributed by atoms with Crippen molar-refractivity contribution in [2.24, 2.45) is 5.73 Å². The number of hydrogen-bond acceptors (Lipinski definition) is 4. The van der Waals surface area contributed by atoms with E-state index in [4.69, 9.17) is 10.5 Å². The molecule has 1 amide bonds. The molecular weight excluding hydrogens is 256 g/mol. The highest BCUT2D eigenvalue weighted by molar-refractivity contribution is 5.81. The summed E-state index contributed by atoms with van der Waals surface area (Å²) in [4.78, 5) is 11.8. The molecule has 1 rings (SSSR count). The number of rotatable bonds is 9. The molecule has 0 aliphatic carbocycles. The van der Waals surface area contributed by atoms with Gasteiger partial charge in [0.05, 0.1) is 6.04 Å². The minimum absolute atomic E-state index is 0.134. The molecule has 5 heteroatoms. The van der Waals surface area contributed by atoms with Gasteiger partial charge in [-0.05, 0) is 43.4 Å². The van der Waals surface area contributed by atoms with Gasteiger partial charge in [-0.25, -0.2) is 0 Å². The van der Waals surface area contributed by atoms with Crippen LogP contribution in [0, 0.1) is 0 Å². The van der Waals surface area contributed by atoms with Crippen molar-refractivity contribution in [3.63, 3.8) is 0 Å². The van der Waals surface area contributed by atoms with E-state index in [1.165, 1.54) is 0 Å². The monoisotopic (exact) mass is 280 g/mol. The zero-order chi connectivity index (χ0) is 14.8. The number of phenolic OH excluding ortho intramolecular Hbond substituents is 1. The summed E-state index contributed by atoms with van der Waals surface area (Å²) < 4.78 is 4.96. The van der Waals surface area contributed by atoms with Crippen molar-refractivity contribution in [2.75, 3.05) is 20.3 Å². The van der Waals surface area contributed by atoms with Gasteiger partial charge in [-0.2, -0.15) is 0 Å². The number of ether oxygens (including phenoxy) is 1. The SMILES string of the molecule is COCCCCCNC(=O)[C@@H](N)Cc1ccc(O)cc1. The third kappa shape index (κ3) is 6.54. The van der Waals surface area contributed by atoms with Crippen LogP contribution >= 0.6 is 0 Å². The number of phenols is 1. The smallest absolute Gasteiger partial charge is 0.237 e. The molecule has 0 aliphatic heterocycles. The molecule has 0 aliphatic rings. The fourth-order valence-corrected chi connectivity index (χ4v) is 1.87. The number of nitrogens with one attached hydrogen (secondary N) is 1. The molecule has 20 heavy (non-hydrogen) atoms. The van der Waals surface area contributed by atoms with Crippen molar-refractivity contribution in [2.45, 2.75) is 31.7 Å². The lowest BCUT2D eigenvalue weighted by atomic mass is 10.1. The maximum atomic E-state index is 11.8. The third-order valence-corrected chi connectivity index (χ3v) is 3.05. The molecular formula is C15H24N2O3. The van der Waals surface area contributed by atoms with E-state index in [1.807, 2.05) is 0 Å². The molecule has 1 atom stereocenters. The molecule has 0 heterocycles. The van der Waals surface area contributed by atoms with Crippen LogP contribution in [-0.4, -0.2) is 37.3 Å². The van der Waals surface area contributed by atoms with E-state index < -0.39 is 6.04 Å². The van der Waals surface area contributed by atoms with E-state index in [-0.39, 0.29) is 11.7 Å². The molecule has 0 spiro atoms. The summed E-state index contributed by atoms with van der Waals surface area (Å²) in [6, 6.07) is 6.17. The van der Waals surface area contributed by atoms with E-state index >= 15 is 0 Å². The summed E-state index contributed by atoms with van der Waals surface area (Å²) in [6.45, 7) is 1.40. The first-order chi connectivity index (χ1) is 9.63. The van der Waals surface area contributed by atoms with Gasteiger partial charge in [-0.1, -0.05) is 12.1 Å². The average molecular weight is 280 g/mol. The Hall–Kier alpha value is -1.59. The summed E-state index contributed by atoms with van der Waals surface area (Å²) in [5.41, 5.74) is 6.79. The van der Waals surface area contributed by atoms with Crippen molar-refractivity contribution in [1.82, 2.24) is 5.32 Å². The maximum Gasteiger partial charge on any atom is 0.237 e. The largest absolute Gasteiger partial charge is 0.508 e. The molecule has 4 N–H and O–H groups in total. The number of unbranched alkanes of at least 4 members (excludes halogenated alkanes) is 2. The standard InChI is InChI=1S/C15H24N2O3/c1-20-10-4-2-3-9-17-15(19)14(16)11-12-5-7-13(18)8-6-12/h5-8,14,18H,2-4,9-11,16H2,1H3,(H,17,19)/t14-/m0/s1. The molecule has 0 saturated heterocycles. The minimum atomic E-state index is -0.557. The first-order valence-corrected chi connectivity index (χ1v) is 6.93. The quantitative estimate of drug-likeness (QED) is 0.593. The zero-order valence-corrected chi connectivity index (χ0v) is 12.0. The normalized spacial score (nSPS) is 12.1. The number of benzene rings is 1. The highest BCUT2D eigenvalue weighted by Crippen LogP contribution is 2.10. The zero-order valence-electron chi connectivity index (χ0n) is 12.0. The number of aromatic hydroxyl groups is 1. The number of amides is 1. The highest BCUT2D eigenvalue weighted by atomic mass is 16.5. The Bertz CT molecular complexity index is 393. The van der Waals surface area contributed by atoms with Gasteiger partial charge in [0.1, 0.15) is 5.75 Å². The van der Waals surface area contributed by atoms with Crippen LogP contribution in [0.15, 0.2) is 24.3 Å². The van der Waals surface area contributed by atoms with Crippen molar-refractivity contribution in [3.05, 3.63) is 29.8 Å². The Kier molecular flexibility index (Phi) is 7.69. The van der Waals surface area contributed by atoms with Crippen LogP contribution in [0.25, 0.3) is 0 Å². The Balaban J connectivity index is 2.20. The lowest BCUT2D eigenvalue weighted by molar-refractivity contribution is -0.122. The van der Waals surface area contributed by atoms with Gasteiger partial charge in [0.15, 0.2) is 0 Å². The van der Waals surface area contributed by atoms with E-state index in [2.05, 4.69) is 5.32 Å². The van der Waals surface area contributed by atoms with E-state index in [0.717, 1.165) is 31.4 Å².